The zero-order valence-corrected chi connectivity index (χ0v) is 9.11. The predicted molar refractivity (Wildman–Crippen MR) is 31.1 cm³/mol. The van der Waals surface area contributed by atoms with Crippen molar-refractivity contribution >= 4 is 47.9 Å². The molecule has 1 radical (unpaired) electrons. The second kappa shape index (κ2) is 16.1. The van der Waals surface area contributed by atoms with Gasteiger partial charge in [-0.1, -0.05) is 0 Å². The molecule has 0 amide bonds. The van der Waals surface area contributed by atoms with Gasteiger partial charge in [0.1, 0.15) is 0 Å². The van der Waals surface area contributed by atoms with Gasteiger partial charge in [-0.15, -0.1) is 0 Å². The minimum atomic E-state index is -3.13. The summed E-state index contributed by atoms with van der Waals surface area (Å²) >= 11 is 0. The van der Waals surface area contributed by atoms with Gasteiger partial charge < -0.3 is 24.7 Å². The molecule has 0 aliphatic rings. The Kier molecular flexibility index (Phi) is 36.1. The second-order valence-electron chi connectivity index (χ2n) is 0.565. The fourth-order valence-electron chi connectivity index (χ4n) is 0. The molecule has 0 aromatic heterocycles. The largest absolute Gasteiger partial charge is 0.761 e. The van der Waals surface area contributed by atoms with E-state index >= 15 is 0 Å². The summed E-state index contributed by atoms with van der Waals surface area (Å²) in [7, 11) is -6.26. The zero-order valence-electron chi connectivity index (χ0n) is 5.11. The number of rotatable bonds is 0. The maximum atomic E-state index is 8.74. The van der Waals surface area contributed by atoms with Crippen molar-refractivity contribution in [1.29, 1.82) is 0 Å². The topological polar surface area (TPSA) is 147 Å². The van der Waals surface area contributed by atoms with E-state index in [1.54, 1.807) is 0 Å². The van der Waals surface area contributed by atoms with Gasteiger partial charge in [0.15, 0.2) is 0 Å². The monoisotopic (exact) mass is 197 g/mol. The smallest absolute Gasteiger partial charge is 0.511 e. The maximum Gasteiger partial charge on any atom is 0.761 e. The van der Waals surface area contributed by atoms with Gasteiger partial charge in [-0.2, -0.15) is 0 Å². The summed E-state index contributed by atoms with van der Waals surface area (Å²) in [5.41, 5.74) is 0. The minimum Gasteiger partial charge on any atom is -0.511 e. The summed E-state index contributed by atoms with van der Waals surface area (Å²) in [6, 6.07) is 0. The van der Waals surface area contributed by atoms with Crippen LogP contribution >= 0.6 is 0 Å². The summed E-state index contributed by atoms with van der Waals surface area (Å²) in [6.45, 7) is 0. The molecule has 0 aromatic rings. The summed E-state index contributed by atoms with van der Waals surface area (Å²) < 4.78 is 17.5. The van der Waals surface area contributed by atoms with E-state index in [0.717, 1.165) is 0 Å². The first-order valence-corrected chi connectivity index (χ1v) is 3.91. The molecular formula is H6NaO7Si2. The molecule has 0 saturated heterocycles. The molecule has 57 valence electrons. The zero-order chi connectivity index (χ0) is 7.15. The predicted octanol–water partition coefficient (Wildman–Crippen LogP) is -4.43. The molecule has 0 saturated carbocycles. The van der Waals surface area contributed by atoms with Crippen LogP contribution in [-0.4, -0.2) is 72.6 Å². The van der Waals surface area contributed by atoms with E-state index in [-0.39, 0.29) is 35.0 Å². The molecule has 0 aliphatic carbocycles. The quantitative estimate of drug-likeness (QED) is 0.288. The Balaban J connectivity index is -0.0000000300. The van der Waals surface area contributed by atoms with Crippen molar-refractivity contribution in [3.63, 3.8) is 0 Å². The molecule has 10 heteroatoms. The van der Waals surface area contributed by atoms with Gasteiger partial charge >= 0.3 is 18.3 Å². The third-order valence-corrected chi connectivity index (χ3v) is 0. The fourth-order valence-corrected chi connectivity index (χ4v) is 0. The van der Waals surface area contributed by atoms with Crippen molar-refractivity contribution in [2.45, 2.75) is 0 Å². The molecule has 0 bridgehead atoms. The average Bonchev–Trinajstić information content (AvgIpc) is 1.25. The Morgan fingerprint density at radius 1 is 0.800 bits per heavy atom. The molecule has 0 spiro atoms. The Hall–Kier alpha value is 0.194. The molecule has 0 fully saturated rings. The third-order valence-electron chi connectivity index (χ3n) is 0. The van der Waals surface area contributed by atoms with E-state index in [2.05, 4.69) is 0 Å². The van der Waals surface area contributed by atoms with Crippen LogP contribution in [0.25, 0.3) is 0 Å². The molecule has 0 aliphatic heterocycles. The molecule has 7 nitrogen and oxygen atoms in total. The van der Waals surface area contributed by atoms with Crippen molar-refractivity contribution in [2.24, 2.45) is 0 Å². The van der Waals surface area contributed by atoms with Crippen LogP contribution in [0.4, 0.5) is 0 Å². The second-order valence-corrected chi connectivity index (χ2v) is 1.70. The summed E-state index contributed by atoms with van der Waals surface area (Å²) in [5.74, 6) is 0. The van der Waals surface area contributed by atoms with Crippen LogP contribution < -0.4 is 0 Å². The fraction of sp³-hybridized carbons (Fsp3) is 0. The number of hydrogen-bond donors (Lipinski definition) is 4. The van der Waals surface area contributed by atoms with Crippen molar-refractivity contribution in [3.8, 4) is 0 Å². The van der Waals surface area contributed by atoms with E-state index in [1.807, 2.05) is 0 Å². The Labute approximate surface area is 81.4 Å². The van der Waals surface area contributed by atoms with Gasteiger partial charge in [-0.25, -0.2) is 0 Å². The van der Waals surface area contributed by atoms with E-state index < -0.39 is 18.3 Å². The van der Waals surface area contributed by atoms with Gasteiger partial charge in [0, 0.05) is 29.6 Å². The van der Waals surface area contributed by atoms with E-state index in [0.29, 0.717) is 0 Å². The van der Waals surface area contributed by atoms with Crippen LogP contribution in [-0.2, 0) is 8.92 Å². The molecule has 6 N–H and O–H groups in total. The van der Waals surface area contributed by atoms with Crippen molar-refractivity contribution in [3.05, 3.63) is 0 Å². The van der Waals surface area contributed by atoms with Crippen LogP contribution in [0.2, 0.25) is 0 Å². The molecule has 0 aromatic carbocycles. The van der Waals surface area contributed by atoms with Crippen molar-refractivity contribution in [1.82, 2.24) is 0 Å². The van der Waals surface area contributed by atoms with Crippen LogP contribution in [0.5, 0.6) is 0 Å². The van der Waals surface area contributed by atoms with E-state index in [1.165, 1.54) is 0 Å². The standard InChI is InChI=1S/Na.2H2O3Si.H2O/c;2*1-4(2)3;/h;2*1-2H;1H2. The SMILES string of the molecule is O.O=[Si](O)O.O=[Si](O)O.[Na]. The van der Waals surface area contributed by atoms with Crippen molar-refractivity contribution < 1.29 is 33.6 Å². The third kappa shape index (κ3) is 11300. The first-order chi connectivity index (χ1) is 3.46. The van der Waals surface area contributed by atoms with Gasteiger partial charge in [0.2, 0.25) is 0 Å². The summed E-state index contributed by atoms with van der Waals surface area (Å²) in [5, 5.41) is 0. The number of hydrogen-bond acceptors (Lipinski definition) is 2. The van der Waals surface area contributed by atoms with Gasteiger partial charge in [0.25, 0.3) is 0 Å². The average molecular weight is 197 g/mol. The van der Waals surface area contributed by atoms with Crippen LogP contribution in [0, 0.1) is 0 Å². The molecule has 0 atom stereocenters. The maximum absolute atomic E-state index is 8.74. The Morgan fingerprint density at radius 2 is 0.800 bits per heavy atom. The van der Waals surface area contributed by atoms with Gasteiger partial charge in [-0.3, -0.25) is 8.92 Å². The molecule has 0 unspecified atom stereocenters. The Bertz CT molecular complexity index is 69.6. The first-order valence-electron chi connectivity index (χ1n) is 1.30. The van der Waals surface area contributed by atoms with E-state index in [4.69, 9.17) is 28.1 Å². The Morgan fingerprint density at radius 3 is 0.800 bits per heavy atom. The molecular weight excluding hydrogens is 191 g/mol. The summed E-state index contributed by atoms with van der Waals surface area (Å²) in [6.07, 6.45) is 0. The van der Waals surface area contributed by atoms with Crippen LogP contribution in [0.3, 0.4) is 0 Å². The molecule has 10 heavy (non-hydrogen) atoms. The van der Waals surface area contributed by atoms with E-state index in [9.17, 15) is 0 Å². The van der Waals surface area contributed by atoms with Crippen molar-refractivity contribution in [2.75, 3.05) is 0 Å². The normalized spacial score (nSPS) is 4.80. The molecule has 0 rings (SSSR count). The van der Waals surface area contributed by atoms with Crippen LogP contribution in [0.15, 0.2) is 0 Å². The van der Waals surface area contributed by atoms with Gasteiger partial charge in [-0.05, 0) is 0 Å². The molecule has 0 heterocycles. The summed E-state index contributed by atoms with van der Waals surface area (Å²) in [4.78, 5) is 28.6. The first kappa shape index (κ1) is 22.5. The van der Waals surface area contributed by atoms with Gasteiger partial charge in [0.05, 0.1) is 0 Å². The minimum absolute atomic E-state index is 0. The van der Waals surface area contributed by atoms with Crippen LogP contribution in [0.1, 0.15) is 0 Å².